The van der Waals surface area contributed by atoms with E-state index in [0.717, 1.165) is 26.8 Å². The highest BCUT2D eigenvalue weighted by Crippen LogP contribution is 2.29. The van der Waals surface area contributed by atoms with E-state index in [1.54, 1.807) is 24.0 Å². The molecule has 7 heteroatoms. The third-order valence-corrected chi connectivity index (χ3v) is 4.19. The van der Waals surface area contributed by atoms with E-state index in [9.17, 15) is 0 Å². The fourth-order valence-electron chi connectivity index (χ4n) is 2.17. The van der Waals surface area contributed by atoms with Crippen LogP contribution in [0.2, 0.25) is 0 Å². The van der Waals surface area contributed by atoms with Crippen molar-refractivity contribution in [1.29, 1.82) is 0 Å². The minimum Gasteiger partial charge on any atom is -0.497 e. The summed E-state index contributed by atoms with van der Waals surface area (Å²) in [5, 5.41) is 13.9. The number of pyridine rings is 1. The number of ether oxygens (including phenoxy) is 1. The number of hydrogen-bond donors (Lipinski definition) is 0. The van der Waals surface area contributed by atoms with Gasteiger partial charge in [-0.05, 0) is 24.3 Å². The fourth-order valence-corrected chi connectivity index (χ4v) is 3.01. The fraction of sp³-hybridized carbons (Fsp3) is 0.0667. The predicted molar refractivity (Wildman–Crippen MR) is 83.9 cm³/mol. The molecule has 3 heterocycles. The maximum absolute atomic E-state index is 5.26. The standard InChI is InChI=1S/C15H11N5OS/c1-21-12-4-2-3-11(9-12)14-19-20-13(17-18-15(20)22-14)10-5-7-16-8-6-10/h2-9H,1H3. The average Bonchev–Trinajstić information content (AvgIpc) is 3.16. The third kappa shape index (κ3) is 2.11. The zero-order valence-corrected chi connectivity index (χ0v) is 12.5. The number of fused-ring (bicyclic) bond motifs is 1. The molecule has 3 aromatic heterocycles. The van der Waals surface area contributed by atoms with Crippen molar-refractivity contribution in [3.8, 4) is 27.7 Å². The molecular weight excluding hydrogens is 298 g/mol. The van der Waals surface area contributed by atoms with Gasteiger partial charge in [0.25, 0.3) is 0 Å². The summed E-state index contributed by atoms with van der Waals surface area (Å²) in [5.41, 5.74) is 1.93. The van der Waals surface area contributed by atoms with Gasteiger partial charge in [-0.2, -0.15) is 9.61 Å². The lowest BCUT2D eigenvalue weighted by atomic mass is 10.2. The summed E-state index contributed by atoms with van der Waals surface area (Å²) >= 11 is 1.49. The van der Waals surface area contributed by atoms with E-state index in [1.165, 1.54) is 11.3 Å². The van der Waals surface area contributed by atoms with Gasteiger partial charge in [0, 0.05) is 23.5 Å². The molecule has 0 aliphatic heterocycles. The van der Waals surface area contributed by atoms with Crippen LogP contribution in [0.15, 0.2) is 48.8 Å². The van der Waals surface area contributed by atoms with Crippen molar-refractivity contribution in [2.24, 2.45) is 0 Å². The first-order chi connectivity index (χ1) is 10.8. The Morgan fingerprint density at radius 3 is 2.73 bits per heavy atom. The molecule has 0 unspecified atom stereocenters. The van der Waals surface area contributed by atoms with E-state index in [2.05, 4.69) is 20.3 Å². The lowest BCUT2D eigenvalue weighted by Crippen LogP contribution is -1.91. The van der Waals surface area contributed by atoms with E-state index in [0.29, 0.717) is 5.82 Å². The molecule has 6 nitrogen and oxygen atoms in total. The van der Waals surface area contributed by atoms with Crippen LogP contribution >= 0.6 is 11.3 Å². The van der Waals surface area contributed by atoms with Crippen molar-refractivity contribution < 1.29 is 4.74 Å². The van der Waals surface area contributed by atoms with Crippen LogP contribution < -0.4 is 4.74 Å². The van der Waals surface area contributed by atoms with Crippen LogP contribution in [0.1, 0.15) is 0 Å². The second kappa shape index (κ2) is 5.19. The molecule has 0 aliphatic carbocycles. The topological polar surface area (TPSA) is 65.2 Å². The Hall–Kier alpha value is -2.80. The highest BCUT2D eigenvalue weighted by Gasteiger charge is 2.14. The maximum Gasteiger partial charge on any atom is 0.235 e. The van der Waals surface area contributed by atoms with E-state index in [-0.39, 0.29) is 0 Å². The Kier molecular flexibility index (Phi) is 3.05. The van der Waals surface area contributed by atoms with Crippen LogP contribution in [0.25, 0.3) is 26.9 Å². The molecule has 0 saturated carbocycles. The van der Waals surface area contributed by atoms with Crippen LogP contribution in [0.4, 0.5) is 0 Å². The van der Waals surface area contributed by atoms with Crippen LogP contribution in [0.5, 0.6) is 5.75 Å². The van der Waals surface area contributed by atoms with Gasteiger partial charge in [-0.1, -0.05) is 23.5 Å². The molecule has 108 valence electrons. The van der Waals surface area contributed by atoms with Gasteiger partial charge in [-0.15, -0.1) is 10.2 Å². The molecule has 0 saturated heterocycles. The Labute approximate surface area is 130 Å². The lowest BCUT2D eigenvalue weighted by molar-refractivity contribution is 0.415. The number of nitrogens with zero attached hydrogens (tertiary/aromatic N) is 5. The molecule has 0 fully saturated rings. The van der Waals surface area contributed by atoms with Gasteiger partial charge in [0.15, 0.2) is 5.82 Å². The smallest absolute Gasteiger partial charge is 0.235 e. The maximum atomic E-state index is 5.26. The molecule has 22 heavy (non-hydrogen) atoms. The summed E-state index contributed by atoms with van der Waals surface area (Å²) in [5.74, 6) is 1.51. The van der Waals surface area contributed by atoms with Crippen molar-refractivity contribution >= 4 is 16.3 Å². The van der Waals surface area contributed by atoms with Gasteiger partial charge in [0.2, 0.25) is 4.96 Å². The van der Waals surface area contributed by atoms with E-state index < -0.39 is 0 Å². The van der Waals surface area contributed by atoms with Crippen LogP contribution in [0.3, 0.4) is 0 Å². The van der Waals surface area contributed by atoms with Crippen molar-refractivity contribution in [2.45, 2.75) is 0 Å². The van der Waals surface area contributed by atoms with Gasteiger partial charge < -0.3 is 4.74 Å². The first-order valence-electron chi connectivity index (χ1n) is 6.62. The molecule has 0 bridgehead atoms. The second-order valence-corrected chi connectivity index (χ2v) is 5.55. The molecule has 0 radical (unpaired) electrons. The number of benzene rings is 1. The highest BCUT2D eigenvalue weighted by molar-refractivity contribution is 7.19. The number of methoxy groups -OCH3 is 1. The monoisotopic (exact) mass is 309 g/mol. The highest BCUT2D eigenvalue weighted by atomic mass is 32.1. The Morgan fingerprint density at radius 2 is 1.91 bits per heavy atom. The molecule has 0 atom stereocenters. The first-order valence-corrected chi connectivity index (χ1v) is 7.44. The van der Waals surface area contributed by atoms with Crippen molar-refractivity contribution in [2.75, 3.05) is 7.11 Å². The molecule has 4 aromatic rings. The molecule has 0 N–H and O–H groups in total. The van der Waals surface area contributed by atoms with Crippen LogP contribution in [-0.2, 0) is 0 Å². The molecule has 0 aliphatic rings. The normalized spacial score (nSPS) is 11.0. The van der Waals surface area contributed by atoms with Gasteiger partial charge >= 0.3 is 0 Å². The molecule has 0 spiro atoms. The third-order valence-electron chi connectivity index (χ3n) is 3.25. The van der Waals surface area contributed by atoms with Crippen molar-refractivity contribution in [1.82, 2.24) is 24.8 Å². The summed E-state index contributed by atoms with van der Waals surface area (Å²) < 4.78 is 7.02. The van der Waals surface area contributed by atoms with E-state index in [4.69, 9.17) is 4.74 Å². The zero-order chi connectivity index (χ0) is 14.9. The SMILES string of the molecule is COc1cccc(-c2nn3c(-c4ccncc4)nnc3s2)c1. The number of rotatable bonds is 3. The number of aromatic nitrogens is 5. The summed E-state index contributed by atoms with van der Waals surface area (Å²) in [4.78, 5) is 4.77. The van der Waals surface area contributed by atoms with E-state index >= 15 is 0 Å². The van der Waals surface area contributed by atoms with Crippen molar-refractivity contribution in [3.63, 3.8) is 0 Å². The first kappa shape index (κ1) is 12.9. The quantitative estimate of drug-likeness (QED) is 0.582. The summed E-state index contributed by atoms with van der Waals surface area (Å²) in [6.07, 6.45) is 3.46. The Morgan fingerprint density at radius 1 is 1.05 bits per heavy atom. The minimum atomic E-state index is 0.711. The second-order valence-electron chi connectivity index (χ2n) is 4.59. The summed E-state index contributed by atoms with van der Waals surface area (Å²) in [7, 11) is 1.65. The summed E-state index contributed by atoms with van der Waals surface area (Å²) in [6, 6.07) is 11.6. The molecule has 4 rings (SSSR count). The van der Waals surface area contributed by atoms with E-state index in [1.807, 2.05) is 36.4 Å². The minimum absolute atomic E-state index is 0.711. The van der Waals surface area contributed by atoms with Gasteiger partial charge in [-0.25, -0.2) is 0 Å². The van der Waals surface area contributed by atoms with Gasteiger partial charge in [0.1, 0.15) is 10.8 Å². The largest absolute Gasteiger partial charge is 0.497 e. The van der Waals surface area contributed by atoms with Crippen LogP contribution in [0, 0.1) is 0 Å². The molecule has 0 amide bonds. The lowest BCUT2D eigenvalue weighted by Gasteiger charge is -2.00. The van der Waals surface area contributed by atoms with Gasteiger partial charge in [-0.3, -0.25) is 4.98 Å². The molecular formula is C15H11N5OS. The zero-order valence-electron chi connectivity index (χ0n) is 11.7. The number of hydrogen-bond acceptors (Lipinski definition) is 6. The Balaban J connectivity index is 1.83. The van der Waals surface area contributed by atoms with Crippen LogP contribution in [-0.4, -0.2) is 31.9 Å². The molecule has 1 aromatic carbocycles. The van der Waals surface area contributed by atoms with Gasteiger partial charge in [0.05, 0.1) is 7.11 Å². The average molecular weight is 309 g/mol. The summed E-state index contributed by atoms with van der Waals surface area (Å²) in [6.45, 7) is 0. The Bertz CT molecular complexity index is 931. The van der Waals surface area contributed by atoms with Crippen molar-refractivity contribution in [3.05, 3.63) is 48.8 Å². The predicted octanol–water partition coefficient (Wildman–Crippen LogP) is 2.92.